The average Bonchev–Trinajstić information content (AvgIpc) is 2.27. The highest BCUT2D eigenvalue weighted by Crippen LogP contribution is 2.22. The van der Waals surface area contributed by atoms with E-state index >= 15 is 0 Å². The largest absolute Gasteiger partial charge is 0.489 e. The Morgan fingerprint density at radius 1 is 1.18 bits per heavy atom. The fourth-order valence-electron chi connectivity index (χ4n) is 1.44. The Hall–Kier alpha value is -1.55. The lowest BCUT2D eigenvalue weighted by Gasteiger charge is -2.08. The summed E-state index contributed by atoms with van der Waals surface area (Å²) in [6.07, 6.45) is 0. The van der Waals surface area contributed by atoms with Crippen molar-refractivity contribution < 1.29 is 9.13 Å². The molecule has 2 nitrogen and oxygen atoms in total. The molecule has 2 N–H and O–H groups in total. The molecule has 2 rings (SSSR count). The monoisotopic (exact) mass is 295 g/mol. The van der Waals surface area contributed by atoms with Crippen LogP contribution in [-0.4, -0.2) is 0 Å². The number of anilines is 1. The lowest BCUT2D eigenvalue weighted by molar-refractivity contribution is 0.305. The van der Waals surface area contributed by atoms with E-state index < -0.39 is 0 Å². The van der Waals surface area contributed by atoms with Crippen LogP contribution < -0.4 is 10.5 Å². The maximum absolute atomic E-state index is 13.1. The number of hydrogen-bond acceptors (Lipinski definition) is 2. The summed E-state index contributed by atoms with van der Waals surface area (Å²) >= 11 is 3.21. The molecule has 0 radical (unpaired) electrons. The lowest BCUT2D eigenvalue weighted by atomic mass is 10.2. The number of ether oxygens (including phenoxy) is 1. The van der Waals surface area contributed by atoms with Crippen LogP contribution in [-0.2, 0) is 6.61 Å². The second kappa shape index (κ2) is 5.19. The number of rotatable bonds is 3. The summed E-state index contributed by atoms with van der Waals surface area (Å²) < 4.78 is 19.2. The molecule has 0 aliphatic carbocycles. The first kappa shape index (κ1) is 11.9. The lowest BCUT2D eigenvalue weighted by Crippen LogP contribution is -2.00. The van der Waals surface area contributed by atoms with E-state index in [2.05, 4.69) is 15.9 Å². The summed E-state index contributed by atoms with van der Waals surface area (Å²) in [6.45, 7) is 0.322. The van der Waals surface area contributed by atoms with Gasteiger partial charge in [-0.2, -0.15) is 0 Å². The van der Waals surface area contributed by atoms with Crippen molar-refractivity contribution in [2.45, 2.75) is 6.61 Å². The van der Waals surface area contributed by atoms with Crippen molar-refractivity contribution >= 4 is 21.6 Å². The van der Waals surface area contributed by atoms with Crippen LogP contribution in [0.1, 0.15) is 5.56 Å². The summed E-state index contributed by atoms with van der Waals surface area (Å²) in [5.41, 5.74) is 7.33. The van der Waals surface area contributed by atoms with Crippen molar-refractivity contribution in [1.29, 1.82) is 0 Å². The molecular weight excluding hydrogens is 285 g/mol. The Labute approximate surface area is 107 Å². The van der Waals surface area contributed by atoms with Crippen LogP contribution in [0.25, 0.3) is 0 Å². The highest BCUT2D eigenvalue weighted by molar-refractivity contribution is 9.10. The van der Waals surface area contributed by atoms with Crippen molar-refractivity contribution in [2.75, 3.05) is 5.73 Å². The Kier molecular flexibility index (Phi) is 3.64. The molecule has 0 aromatic heterocycles. The van der Waals surface area contributed by atoms with Crippen LogP contribution in [0.2, 0.25) is 0 Å². The van der Waals surface area contributed by atoms with Gasteiger partial charge in [0.1, 0.15) is 18.2 Å². The molecule has 0 fully saturated rings. The van der Waals surface area contributed by atoms with Gasteiger partial charge in [-0.15, -0.1) is 0 Å². The van der Waals surface area contributed by atoms with Crippen LogP contribution in [0.4, 0.5) is 10.1 Å². The molecule has 0 saturated carbocycles. The van der Waals surface area contributed by atoms with Gasteiger partial charge in [-0.25, -0.2) is 4.39 Å². The zero-order chi connectivity index (χ0) is 12.3. The number of nitrogens with two attached hydrogens (primary N) is 1. The standard InChI is InChI=1S/C13H11BrFNO/c14-10-5-11(15)7-12(6-10)17-8-9-3-1-2-4-13(9)16/h1-7H,8,16H2. The van der Waals surface area contributed by atoms with Crippen molar-refractivity contribution in [1.82, 2.24) is 0 Å². The van der Waals surface area contributed by atoms with Gasteiger partial charge in [-0.1, -0.05) is 34.1 Å². The van der Waals surface area contributed by atoms with Crippen LogP contribution in [0.15, 0.2) is 46.9 Å². The molecule has 0 saturated heterocycles. The molecule has 0 heterocycles. The van der Waals surface area contributed by atoms with E-state index in [1.54, 1.807) is 12.1 Å². The maximum atomic E-state index is 13.1. The van der Waals surface area contributed by atoms with Crippen molar-refractivity contribution in [3.05, 3.63) is 58.3 Å². The summed E-state index contributed by atoms with van der Waals surface area (Å²) in [5, 5.41) is 0. The third-order valence-corrected chi connectivity index (χ3v) is 2.74. The number of benzene rings is 2. The van der Waals surface area contributed by atoms with Crippen molar-refractivity contribution in [3.63, 3.8) is 0 Å². The molecule has 4 heteroatoms. The van der Waals surface area contributed by atoms with Gasteiger partial charge in [0, 0.05) is 21.8 Å². The molecule has 0 bridgehead atoms. The molecule has 2 aromatic carbocycles. The van der Waals surface area contributed by atoms with Gasteiger partial charge in [0.05, 0.1) is 0 Å². The molecule has 2 aromatic rings. The zero-order valence-electron chi connectivity index (χ0n) is 8.99. The van der Waals surface area contributed by atoms with Gasteiger partial charge in [-0.05, 0) is 18.2 Å². The highest BCUT2D eigenvalue weighted by atomic mass is 79.9. The number of nitrogen functional groups attached to an aromatic ring is 1. The quantitative estimate of drug-likeness (QED) is 0.875. The minimum Gasteiger partial charge on any atom is -0.489 e. The Morgan fingerprint density at radius 2 is 1.94 bits per heavy atom. The van der Waals surface area contributed by atoms with E-state index in [1.807, 2.05) is 18.2 Å². The number of para-hydroxylation sites is 1. The summed E-state index contributed by atoms with van der Waals surface area (Å²) in [5.74, 6) is 0.135. The van der Waals surface area contributed by atoms with E-state index in [4.69, 9.17) is 10.5 Å². The zero-order valence-corrected chi connectivity index (χ0v) is 10.6. The first-order valence-corrected chi connectivity index (χ1v) is 5.87. The molecule has 88 valence electrons. The molecular formula is C13H11BrFNO. The normalized spacial score (nSPS) is 10.2. The maximum Gasteiger partial charge on any atom is 0.128 e. The van der Waals surface area contributed by atoms with Crippen molar-refractivity contribution in [3.8, 4) is 5.75 Å². The van der Waals surface area contributed by atoms with Crippen LogP contribution >= 0.6 is 15.9 Å². The minimum atomic E-state index is -0.338. The first-order valence-electron chi connectivity index (χ1n) is 5.07. The van der Waals surface area contributed by atoms with Crippen LogP contribution in [0.3, 0.4) is 0 Å². The van der Waals surface area contributed by atoms with Crippen molar-refractivity contribution in [2.24, 2.45) is 0 Å². The molecule has 0 spiro atoms. The summed E-state index contributed by atoms with van der Waals surface area (Å²) in [7, 11) is 0. The summed E-state index contributed by atoms with van der Waals surface area (Å²) in [6, 6.07) is 11.9. The fraction of sp³-hybridized carbons (Fsp3) is 0.0769. The minimum absolute atomic E-state index is 0.322. The average molecular weight is 296 g/mol. The van der Waals surface area contributed by atoms with Gasteiger partial charge < -0.3 is 10.5 Å². The molecule has 0 aliphatic rings. The number of hydrogen-bond donors (Lipinski definition) is 1. The molecule has 0 atom stereocenters. The van der Waals surface area contributed by atoms with Gasteiger partial charge in [0.25, 0.3) is 0 Å². The van der Waals surface area contributed by atoms with Crippen LogP contribution in [0, 0.1) is 5.82 Å². The van der Waals surface area contributed by atoms with E-state index in [0.717, 1.165) is 5.56 Å². The van der Waals surface area contributed by atoms with E-state index in [-0.39, 0.29) is 5.82 Å². The molecule has 0 unspecified atom stereocenters. The SMILES string of the molecule is Nc1ccccc1COc1cc(F)cc(Br)c1. The van der Waals surface area contributed by atoms with Gasteiger partial charge >= 0.3 is 0 Å². The second-order valence-corrected chi connectivity index (χ2v) is 4.51. The smallest absolute Gasteiger partial charge is 0.128 e. The van der Waals surface area contributed by atoms with Gasteiger partial charge in [-0.3, -0.25) is 0 Å². The Balaban J connectivity index is 2.10. The van der Waals surface area contributed by atoms with E-state index in [9.17, 15) is 4.39 Å². The first-order chi connectivity index (χ1) is 8.15. The number of halogens is 2. The predicted molar refractivity (Wildman–Crippen MR) is 69.3 cm³/mol. The topological polar surface area (TPSA) is 35.2 Å². The predicted octanol–water partition coefficient (Wildman–Crippen LogP) is 3.75. The summed E-state index contributed by atoms with van der Waals surface area (Å²) in [4.78, 5) is 0. The van der Waals surface area contributed by atoms with Gasteiger partial charge in [0.15, 0.2) is 0 Å². The van der Waals surface area contributed by atoms with E-state index in [1.165, 1.54) is 12.1 Å². The Morgan fingerprint density at radius 3 is 2.65 bits per heavy atom. The second-order valence-electron chi connectivity index (χ2n) is 3.59. The Bertz CT molecular complexity index is 510. The molecule has 17 heavy (non-hydrogen) atoms. The van der Waals surface area contributed by atoms with Gasteiger partial charge in [0.2, 0.25) is 0 Å². The van der Waals surface area contributed by atoms with Crippen LogP contribution in [0.5, 0.6) is 5.75 Å². The molecule has 0 amide bonds. The third kappa shape index (κ3) is 3.20. The fourth-order valence-corrected chi connectivity index (χ4v) is 1.88. The van der Waals surface area contributed by atoms with E-state index in [0.29, 0.717) is 22.5 Å². The molecule has 0 aliphatic heterocycles. The third-order valence-electron chi connectivity index (χ3n) is 2.29. The highest BCUT2D eigenvalue weighted by Gasteiger charge is 2.02.